The Morgan fingerprint density at radius 2 is 2.20 bits per heavy atom. The summed E-state index contributed by atoms with van der Waals surface area (Å²) in [5.74, 6) is 0. The molecule has 0 spiro atoms. The molecule has 2 heteroatoms. The van der Waals surface area contributed by atoms with Crippen LogP contribution in [0.15, 0.2) is 0 Å². The molecule has 0 bridgehead atoms. The highest BCUT2D eigenvalue weighted by Gasteiger charge is 1.83. The summed E-state index contributed by atoms with van der Waals surface area (Å²) in [5, 5.41) is 0. The maximum atomic E-state index is 5.25. The van der Waals surface area contributed by atoms with Crippen molar-refractivity contribution < 1.29 is 0 Å². The molecular formula is C3H9NP+. The predicted molar refractivity (Wildman–Crippen MR) is 28.8 cm³/mol. The van der Waals surface area contributed by atoms with Crippen LogP contribution in [0.4, 0.5) is 0 Å². The fourth-order valence-corrected chi connectivity index (χ4v) is 0. The van der Waals surface area contributed by atoms with Crippen molar-refractivity contribution in [2.24, 2.45) is 5.50 Å². The summed E-state index contributed by atoms with van der Waals surface area (Å²) in [7, 11) is -0.348. The molecule has 0 rings (SSSR count). The van der Waals surface area contributed by atoms with E-state index < -0.39 is 0 Å². The van der Waals surface area contributed by atoms with E-state index in [0.29, 0.717) is 0 Å². The number of hydrogen-bond donors (Lipinski definition) is 1. The standard InChI is InChI=1S/C3H9NP/c1-3-5(2)4/h2-4H2,1H3/q+1. The Morgan fingerprint density at radius 3 is 2.20 bits per heavy atom. The molecule has 1 nitrogen and oxygen atoms in total. The van der Waals surface area contributed by atoms with Crippen LogP contribution in [0.5, 0.6) is 0 Å². The highest BCUT2D eigenvalue weighted by atomic mass is 31.1. The van der Waals surface area contributed by atoms with E-state index in [2.05, 4.69) is 6.30 Å². The van der Waals surface area contributed by atoms with Crippen LogP contribution in [-0.2, 0) is 0 Å². The third-order valence-corrected chi connectivity index (χ3v) is 1.22. The Morgan fingerprint density at radius 1 is 2.00 bits per heavy atom. The first-order valence-electron chi connectivity index (χ1n) is 1.60. The van der Waals surface area contributed by atoms with Gasteiger partial charge in [0.1, 0.15) is 6.16 Å². The zero-order valence-electron chi connectivity index (χ0n) is 3.44. The Kier molecular flexibility index (Phi) is 2.43. The predicted octanol–water partition coefficient (Wildman–Crippen LogP) is 0.794. The van der Waals surface area contributed by atoms with Gasteiger partial charge >= 0.3 is 0 Å². The maximum absolute atomic E-state index is 5.25. The van der Waals surface area contributed by atoms with Crippen LogP contribution in [-0.4, -0.2) is 12.5 Å². The van der Waals surface area contributed by atoms with Crippen molar-refractivity contribution in [1.82, 2.24) is 0 Å². The molecule has 0 saturated carbocycles. The summed E-state index contributed by atoms with van der Waals surface area (Å²) in [5.41, 5.74) is 5.25. The molecule has 30 valence electrons. The highest BCUT2D eigenvalue weighted by molar-refractivity contribution is 7.53. The molecule has 0 amide bonds. The van der Waals surface area contributed by atoms with E-state index in [-0.39, 0.29) is 7.70 Å². The van der Waals surface area contributed by atoms with Gasteiger partial charge in [0.15, 0.2) is 7.70 Å². The lowest BCUT2D eigenvalue weighted by atomic mass is 11.0. The fourth-order valence-electron chi connectivity index (χ4n) is 0. The quantitative estimate of drug-likeness (QED) is 0.473. The van der Waals surface area contributed by atoms with Crippen LogP contribution in [0.2, 0.25) is 0 Å². The van der Waals surface area contributed by atoms with Crippen molar-refractivity contribution in [3.05, 3.63) is 0 Å². The van der Waals surface area contributed by atoms with Gasteiger partial charge < -0.3 is 0 Å². The van der Waals surface area contributed by atoms with Crippen molar-refractivity contribution in [1.29, 1.82) is 0 Å². The molecule has 0 radical (unpaired) electrons. The molecule has 0 saturated heterocycles. The Bertz CT molecular complexity index is 42.2. The van der Waals surface area contributed by atoms with Crippen LogP contribution in [0, 0.1) is 0 Å². The first-order valence-corrected chi connectivity index (χ1v) is 3.38. The summed E-state index contributed by atoms with van der Waals surface area (Å²) in [4.78, 5) is 0. The third kappa shape index (κ3) is 4.13. The van der Waals surface area contributed by atoms with E-state index in [1.807, 2.05) is 6.92 Å². The lowest BCUT2D eigenvalue weighted by Gasteiger charge is -1.65. The Balaban J connectivity index is 2.85. The van der Waals surface area contributed by atoms with Gasteiger partial charge in [-0.25, -0.2) is 0 Å². The molecule has 0 aliphatic carbocycles. The van der Waals surface area contributed by atoms with E-state index in [1.165, 1.54) is 0 Å². The van der Waals surface area contributed by atoms with Crippen molar-refractivity contribution in [2.75, 3.05) is 6.16 Å². The molecule has 0 aliphatic heterocycles. The van der Waals surface area contributed by atoms with Crippen molar-refractivity contribution in [3.8, 4) is 0 Å². The zero-order valence-corrected chi connectivity index (χ0v) is 4.33. The van der Waals surface area contributed by atoms with Crippen LogP contribution >= 0.6 is 7.70 Å². The first kappa shape index (κ1) is 5.13. The van der Waals surface area contributed by atoms with Gasteiger partial charge in [-0.15, -0.1) is 0 Å². The largest absolute Gasteiger partial charge is 0.171 e. The smallest absolute Gasteiger partial charge is 0.158 e. The fraction of sp³-hybridized carbons (Fsp3) is 0.667. The summed E-state index contributed by atoms with van der Waals surface area (Å²) >= 11 is 0. The maximum Gasteiger partial charge on any atom is 0.171 e. The normalized spacial score (nSPS) is 11.2. The van der Waals surface area contributed by atoms with Crippen LogP contribution < -0.4 is 5.50 Å². The van der Waals surface area contributed by atoms with Gasteiger partial charge in [0.2, 0.25) is 0 Å². The second kappa shape index (κ2) is 2.37. The van der Waals surface area contributed by atoms with Crippen LogP contribution in [0.25, 0.3) is 0 Å². The van der Waals surface area contributed by atoms with Crippen LogP contribution in [0.1, 0.15) is 6.92 Å². The van der Waals surface area contributed by atoms with Crippen molar-refractivity contribution >= 4 is 14.0 Å². The van der Waals surface area contributed by atoms with Gasteiger partial charge in [-0.2, -0.15) is 5.50 Å². The lowest BCUT2D eigenvalue weighted by molar-refractivity contribution is 1.50. The van der Waals surface area contributed by atoms with Crippen molar-refractivity contribution in [2.45, 2.75) is 6.92 Å². The van der Waals surface area contributed by atoms with Gasteiger partial charge in [0.05, 0.1) is 6.30 Å². The minimum Gasteiger partial charge on any atom is -0.158 e. The summed E-state index contributed by atoms with van der Waals surface area (Å²) in [6, 6.07) is 0. The molecule has 1 atom stereocenters. The monoisotopic (exact) mass is 90.0 g/mol. The minimum atomic E-state index is -0.348. The van der Waals surface area contributed by atoms with Crippen LogP contribution in [0.3, 0.4) is 0 Å². The van der Waals surface area contributed by atoms with E-state index in [1.54, 1.807) is 0 Å². The molecule has 1 unspecified atom stereocenters. The SMILES string of the molecule is C=[P+](N)CC. The van der Waals surface area contributed by atoms with Gasteiger partial charge in [0, 0.05) is 0 Å². The van der Waals surface area contributed by atoms with E-state index in [0.717, 1.165) is 6.16 Å². The molecule has 0 fully saturated rings. The van der Waals surface area contributed by atoms with Gasteiger partial charge in [0.25, 0.3) is 0 Å². The molecule has 5 heavy (non-hydrogen) atoms. The Hall–Kier alpha value is 0.130. The number of nitrogens with two attached hydrogens (primary N) is 1. The van der Waals surface area contributed by atoms with Gasteiger partial charge in [-0.1, -0.05) is 0 Å². The molecule has 0 heterocycles. The van der Waals surface area contributed by atoms with Gasteiger partial charge in [-0.3, -0.25) is 0 Å². The molecule has 0 aromatic rings. The topological polar surface area (TPSA) is 26.0 Å². The zero-order chi connectivity index (χ0) is 4.28. The summed E-state index contributed by atoms with van der Waals surface area (Å²) < 4.78 is 0. The van der Waals surface area contributed by atoms with E-state index in [9.17, 15) is 0 Å². The van der Waals surface area contributed by atoms with Gasteiger partial charge in [-0.05, 0) is 6.92 Å². The molecular weight excluding hydrogens is 81.0 g/mol. The molecule has 0 aromatic carbocycles. The van der Waals surface area contributed by atoms with Crippen molar-refractivity contribution in [3.63, 3.8) is 0 Å². The average molecular weight is 90.1 g/mol. The summed E-state index contributed by atoms with van der Waals surface area (Å²) in [6.07, 6.45) is 4.64. The van der Waals surface area contributed by atoms with E-state index >= 15 is 0 Å². The summed E-state index contributed by atoms with van der Waals surface area (Å²) in [6.45, 7) is 2.04. The number of rotatable bonds is 1. The number of hydrogen-bond acceptors (Lipinski definition) is 1. The first-order chi connectivity index (χ1) is 2.27. The molecule has 0 aromatic heterocycles. The second-order valence-corrected chi connectivity index (χ2v) is 2.71. The Labute approximate surface area is 33.6 Å². The molecule has 0 aliphatic rings. The highest BCUT2D eigenvalue weighted by Crippen LogP contribution is 2.01. The molecule has 2 N–H and O–H groups in total. The minimum absolute atomic E-state index is 0.348. The lowest BCUT2D eigenvalue weighted by Crippen LogP contribution is -1.77. The second-order valence-electron chi connectivity index (χ2n) is 0.905. The third-order valence-electron chi connectivity index (χ3n) is 0.406. The van der Waals surface area contributed by atoms with E-state index in [4.69, 9.17) is 5.50 Å². The average Bonchev–Trinajstić information content (AvgIpc) is 1.38.